The van der Waals surface area contributed by atoms with Gasteiger partial charge < -0.3 is 5.32 Å². The van der Waals surface area contributed by atoms with Gasteiger partial charge in [-0.15, -0.1) is 0 Å². The number of amides is 1. The second kappa shape index (κ2) is 6.05. The van der Waals surface area contributed by atoms with Crippen molar-refractivity contribution in [2.24, 2.45) is 0 Å². The summed E-state index contributed by atoms with van der Waals surface area (Å²) in [5.41, 5.74) is 1.52. The fourth-order valence-corrected chi connectivity index (χ4v) is 3.01. The topological polar surface area (TPSA) is 63.2 Å². The zero-order valence-electron chi connectivity index (χ0n) is 11.3. The number of nitrogens with one attached hydrogen (secondary N) is 1. The molecule has 0 saturated carbocycles. The molecule has 21 heavy (non-hydrogen) atoms. The number of sulfone groups is 1. The van der Waals surface area contributed by atoms with Crippen molar-refractivity contribution in [1.29, 1.82) is 0 Å². The maximum atomic E-state index is 13.5. The van der Waals surface area contributed by atoms with Crippen LogP contribution < -0.4 is 5.32 Å². The van der Waals surface area contributed by atoms with Crippen molar-refractivity contribution in [3.8, 4) is 0 Å². The molecule has 1 amide bonds. The fourth-order valence-electron chi connectivity index (χ4n) is 1.78. The Morgan fingerprint density at radius 2 is 1.71 bits per heavy atom. The van der Waals surface area contributed by atoms with E-state index in [1.165, 1.54) is 12.1 Å². The smallest absolute Gasteiger partial charge is 0.239 e. The van der Waals surface area contributed by atoms with Crippen LogP contribution in [-0.2, 0) is 14.6 Å². The van der Waals surface area contributed by atoms with E-state index in [-0.39, 0.29) is 0 Å². The van der Waals surface area contributed by atoms with Gasteiger partial charge in [-0.3, -0.25) is 4.79 Å². The largest absolute Gasteiger partial charge is 0.325 e. The molecule has 4 nitrogen and oxygen atoms in total. The van der Waals surface area contributed by atoms with E-state index in [4.69, 9.17) is 0 Å². The molecule has 110 valence electrons. The lowest BCUT2D eigenvalue weighted by atomic mass is 10.2. The number of aryl methyl sites for hydroxylation is 1. The molecule has 0 atom stereocenters. The molecule has 0 fully saturated rings. The van der Waals surface area contributed by atoms with E-state index in [0.717, 1.165) is 17.7 Å². The predicted octanol–water partition coefficient (Wildman–Crippen LogP) is 2.55. The van der Waals surface area contributed by atoms with Crippen molar-refractivity contribution in [2.75, 3.05) is 11.1 Å². The average Bonchev–Trinajstić information content (AvgIpc) is 2.41. The van der Waals surface area contributed by atoms with Crippen LogP contribution in [0.4, 0.5) is 10.1 Å². The van der Waals surface area contributed by atoms with Crippen LogP contribution in [0.5, 0.6) is 0 Å². The van der Waals surface area contributed by atoms with Gasteiger partial charge in [-0.2, -0.15) is 0 Å². The summed E-state index contributed by atoms with van der Waals surface area (Å²) in [4.78, 5) is 11.3. The van der Waals surface area contributed by atoms with Crippen LogP contribution in [0.1, 0.15) is 5.56 Å². The number of halogens is 1. The van der Waals surface area contributed by atoms with Gasteiger partial charge in [0, 0.05) is 5.69 Å². The number of carbonyl (C=O) groups is 1. The van der Waals surface area contributed by atoms with Crippen LogP contribution in [0, 0.1) is 12.7 Å². The molecule has 6 heteroatoms. The lowest BCUT2D eigenvalue weighted by Gasteiger charge is -2.07. The molecule has 2 aromatic rings. The first-order valence-corrected chi connectivity index (χ1v) is 7.87. The highest BCUT2D eigenvalue weighted by atomic mass is 32.2. The fraction of sp³-hybridized carbons (Fsp3) is 0.133. The molecule has 0 bridgehead atoms. The summed E-state index contributed by atoms with van der Waals surface area (Å²) in [5, 5.41) is 2.47. The molecule has 0 radical (unpaired) electrons. The molecule has 2 rings (SSSR count). The standard InChI is InChI=1S/C15H14FNO3S/c1-11-6-8-12(9-7-11)17-15(18)10-21(19,20)14-5-3-2-4-13(14)16/h2-9H,10H2,1H3,(H,17,18). The summed E-state index contributed by atoms with van der Waals surface area (Å²) >= 11 is 0. The Hall–Kier alpha value is -2.21. The van der Waals surface area contributed by atoms with Crippen LogP contribution in [0.25, 0.3) is 0 Å². The van der Waals surface area contributed by atoms with Gasteiger partial charge in [0.1, 0.15) is 16.5 Å². The third-order valence-electron chi connectivity index (χ3n) is 2.83. The number of hydrogen-bond donors (Lipinski definition) is 1. The molecule has 0 unspecified atom stereocenters. The van der Waals surface area contributed by atoms with E-state index in [9.17, 15) is 17.6 Å². The highest BCUT2D eigenvalue weighted by Crippen LogP contribution is 2.16. The quantitative estimate of drug-likeness (QED) is 0.944. The van der Waals surface area contributed by atoms with Crippen LogP contribution in [0.15, 0.2) is 53.4 Å². The Bertz CT molecular complexity index is 755. The Balaban J connectivity index is 2.12. The van der Waals surface area contributed by atoms with Crippen LogP contribution in [0.2, 0.25) is 0 Å². The lowest BCUT2D eigenvalue weighted by Crippen LogP contribution is -2.23. The first-order chi connectivity index (χ1) is 9.88. The molecule has 0 aliphatic carbocycles. The van der Waals surface area contributed by atoms with Crippen LogP contribution >= 0.6 is 0 Å². The Morgan fingerprint density at radius 3 is 2.33 bits per heavy atom. The predicted molar refractivity (Wildman–Crippen MR) is 78.3 cm³/mol. The second-order valence-electron chi connectivity index (χ2n) is 4.60. The van der Waals surface area contributed by atoms with Crippen molar-refractivity contribution in [2.45, 2.75) is 11.8 Å². The summed E-state index contributed by atoms with van der Waals surface area (Å²) in [6, 6.07) is 11.9. The van der Waals surface area contributed by atoms with Crippen molar-refractivity contribution in [1.82, 2.24) is 0 Å². The number of benzene rings is 2. The third-order valence-corrected chi connectivity index (χ3v) is 4.47. The monoisotopic (exact) mass is 307 g/mol. The first kappa shape index (κ1) is 15.2. The van der Waals surface area contributed by atoms with E-state index in [1.54, 1.807) is 24.3 Å². The minimum Gasteiger partial charge on any atom is -0.325 e. The van der Waals surface area contributed by atoms with Gasteiger partial charge in [0.25, 0.3) is 0 Å². The Morgan fingerprint density at radius 1 is 1.10 bits per heavy atom. The maximum Gasteiger partial charge on any atom is 0.239 e. The van der Waals surface area contributed by atoms with Crippen molar-refractivity contribution < 1.29 is 17.6 Å². The zero-order valence-corrected chi connectivity index (χ0v) is 12.2. The zero-order chi connectivity index (χ0) is 15.5. The first-order valence-electron chi connectivity index (χ1n) is 6.22. The number of carbonyl (C=O) groups excluding carboxylic acids is 1. The molecule has 2 aromatic carbocycles. The van der Waals surface area contributed by atoms with Gasteiger partial charge in [0.2, 0.25) is 5.91 Å². The van der Waals surface area contributed by atoms with E-state index in [0.29, 0.717) is 5.69 Å². The second-order valence-corrected chi connectivity index (χ2v) is 6.56. The van der Waals surface area contributed by atoms with Crippen molar-refractivity contribution >= 4 is 21.4 Å². The highest BCUT2D eigenvalue weighted by molar-refractivity contribution is 7.92. The van der Waals surface area contributed by atoms with E-state index in [1.807, 2.05) is 6.92 Å². The lowest BCUT2D eigenvalue weighted by molar-refractivity contribution is -0.113. The molecule has 0 heterocycles. The van der Waals surface area contributed by atoms with E-state index >= 15 is 0 Å². The summed E-state index contributed by atoms with van der Waals surface area (Å²) in [7, 11) is -4.01. The van der Waals surface area contributed by atoms with Crippen LogP contribution in [-0.4, -0.2) is 20.1 Å². The normalized spacial score (nSPS) is 11.1. The van der Waals surface area contributed by atoms with Crippen molar-refractivity contribution in [3.63, 3.8) is 0 Å². The third kappa shape index (κ3) is 3.88. The molecule has 1 N–H and O–H groups in total. The summed E-state index contributed by atoms with van der Waals surface area (Å²) in [6.07, 6.45) is 0. The van der Waals surface area contributed by atoms with Crippen LogP contribution in [0.3, 0.4) is 0 Å². The van der Waals surface area contributed by atoms with Gasteiger partial charge in [-0.1, -0.05) is 29.8 Å². The number of hydrogen-bond acceptors (Lipinski definition) is 3. The molecule has 0 aromatic heterocycles. The SMILES string of the molecule is Cc1ccc(NC(=O)CS(=O)(=O)c2ccccc2F)cc1. The van der Waals surface area contributed by atoms with E-state index in [2.05, 4.69) is 5.32 Å². The summed E-state index contributed by atoms with van der Waals surface area (Å²) in [5.74, 6) is -2.37. The molecule has 0 aliphatic heterocycles. The van der Waals surface area contributed by atoms with Gasteiger partial charge in [0.15, 0.2) is 9.84 Å². The average molecular weight is 307 g/mol. The number of rotatable bonds is 4. The molecular formula is C15H14FNO3S. The van der Waals surface area contributed by atoms with Gasteiger partial charge in [0.05, 0.1) is 0 Å². The van der Waals surface area contributed by atoms with Crippen molar-refractivity contribution in [3.05, 3.63) is 59.9 Å². The molecule has 0 saturated heterocycles. The van der Waals surface area contributed by atoms with E-state index < -0.39 is 32.2 Å². The van der Waals surface area contributed by atoms with Gasteiger partial charge in [-0.05, 0) is 31.2 Å². The maximum absolute atomic E-state index is 13.5. The number of anilines is 1. The minimum absolute atomic E-state index is 0.468. The highest BCUT2D eigenvalue weighted by Gasteiger charge is 2.22. The Kier molecular flexibility index (Phi) is 4.37. The molecule has 0 aliphatic rings. The Labute approximate surface area is 122 Å². The summed E-state index contributed by atoms with van der Waals surface area (Å²) < 4.78 is 37.5. The summed E-state index contributed by atoms with van der Waals surface area (Å²) in [6.45, 7) is 1.90. The van der Waals surface area contributed by atoms with Gasteiger partial charge >= 0.3 is 0 Å². The molecular weight excluding hydrogens is 293 g/mol. The minimum atomic E-state index is -4.01. The molecule has 0 spiro atoms. The van der Waals surface area contributed by atoms with Gasteiger partial charge in [-0.25, -0.2) is 12.8 Å².